The van der Waals surface area contributed by atoms with Gasteiger partial charge in [-0.25, -0.2) is 0 Å². The summed E-state index contributed by atoms with van der Waals surface area (Å²) in [6.07, 6.45) is 1.34. The molecule has 0 spiro atoms. The van der Waals surface area contributed by atoms with Gasteiger partial charge in [-0.05, 0) is 49.5 Å². The summed E-state index contributed by atoms with van der Waals surface area (Å²) in [4.78, 5) is 2.42. The van der Waals surface area contributed by atoms with E-state index in [0.717, 1.165) is 19.0 Å². The molecule has 0 aromatic heterocycles. The molecule has 1 aliphatic heterocycles. The van der Waals surface area contributed by atoms with Gasteiger partial charge in [0, 0.05) is 13.1 Å². The Morgan fingerprint density at radius 2 is 2.00 bits per heavy atom. The van der Waals surface area contributed by atoms with Crippen LogP contribution in [0.4, 0.5) is 0 Å². The van der Waals surface area contributed by atoms with Crippen molar-refractivity contribution in [2.75, 3.05) is 26.7 Å². The molecular weight excluding hydrogens is 220 g/mol. The van der Waals surface area contributed by atoms with Gasteiger partial charge >= 0.3 is 0 Å². The van der Waals surface area contributed by atoms with E-state index in [2.05, 4.69) is 55.4 Å². The first-order valence-electron chi connectivity index (χ1n) is 7.13. The summed E-state index contributed by atoms with van der Waals surface area (Å²) in [6, 6.07) is 9.02. The van der Waals surface area contributed by atoms with E-state index < -0.39 is 0 Å². The van der Waals surface area contributed by atoms with Crippen LogP contribution in [0.2, 0.25) is 0 Å². The first-order valence-corrected chi connectivity index (χ1v) is 7.13. The van der Waals surface area contributed by atoms with Crippen LogP contribution >= 0.6 is 0 Å². The van der Waals surface area contributed by atoms with Crippen molar-refractivity contribution < 1.29 is 0 Å². The zero-order chi connectivity index (χ0) is 13.0. The number of benzene rings is 1. The SMILES string of the molecule is CC(C)c1ccc(CNCC2CCN(C)C2)cc1. The molecule has 2 rings (SSSR count). The molecule has 1 fully saturated rings. The third-order valence-electron chi connectivity index (χ3n) is 3.90. The standard InChI is InChI=1S/C16H26N2/c1-13(2)16-6-4-14(5-7-16)10-17-11-15-8-9-18(3)12-15/h4-7,13,15,17H,8-12H2,1-3H3. The Bertz CT molecular complexity index is 356. The molecule has 2 nitrogen and oxygen atoms in total. The average Bonchev–Trinajstić information content (AvgIpc) is 2.76. The molecule has 1 N–H and O–H groups in total. The van der Waals surface area contributed by atoms with Crippen molar-refractivity contribution in [3.63, 3.8) is 0 Å². The number of rotatable bonds is 5. The number of likely N-dealkylation sites (tertiary alicyclic amines) is 1. The van der Waals surface area contributed by atoms with Crippen LogP contribution in [0.1, 0.15) is 37.3 Å². The summed E-state index contributed by atoms with van der Waals surface area (Å²) in [5.41, 5.74) is 2.82. The highest BCUT2D eigenvalue weighted by Gasteiger charge is 2.18. The lowest BCUT2D eigenvalue weighted by molar-refractivity contribution is 0.388. The highest BCUT2D eigenvalue weighted by molar-refractivity contribution is 5.24. The van der Waals surface area contributed by atoms with Crippen LogP contribution in [0.5, 0.6) is 0 Å². The second kappa shape index (κ2) is 6.35. The van der Waals surface area contributed by atoms with E-state index >= 15 is 0 Å². The number of hydrogen-bond donors (Lipinski definition) is 1. The molecule has 1 atom stereocenters. The van der Waals surface area contributed by atoms with Gasteiger partial charge < -0.3 is 10.2 Å². The third kappa shape index (κ3) is 3.82. The Labute approximate surface area is 111 Å². The van der Waals surface area contributed by atoms with Crippen molar-refractivity contribution in [2.24, 2.45) is 5.92 Å². The van der Waals surface area contributed by atoms with Gasteiger partial charge in [-0.2, -0.15) is 0 Å². The zero-order valence-electron chi connectivity index (χ0n) is 11.9. The highest BCUT2D eigenvalue weighted by Crippen LogP contribution is 2.15. The molecular formula is C16H26N2. The number of hydrogen-bond acceptors (Lipinski definition) is 2. The van der Waals surface area contributed by atoms with E-state index in [1.165, 1.54) is 30.6 Å². The van der Waals surface area contributed by atoms with Gasteiger partial charge in [0.1, 0.15) is 0 Å². The lowest BCUT2D eigenvalue weighted by atomic mass is 10.0. The van der Waals surface area contributed by atoms with Crippen molar-refractivity contribution >= 4 is 0 Å². The van der Waals surface area contributed by atoms with E-state index in [-0.39, 0.29) is 0 Å². The molecule has 2 heteroatoms. The average molecular weight is 246 g/mol. The molecule has 1 heterocycles. The maximum atomic E-state index is 3.59. The molecule has 0 amide bonds. The van der Waals surface area contributed by atoms with E-state index in [9.17, 15) is 0 Å². The normalized spacial score (nSPS) is 20.8. The molecule has 1 aliphatic rings. The quantitative estimate of drug-likeness (QED) is 0.859. The molecule has 1 aromatic carbocycles. The summed E-state index contributed by atoms with van der Waals surface area (Å²) in [5.74, 6) is 1.46. The zero-order valence-corrected chi connectivity index (χ0v) is 11.9. The molecule has 100 valence electrons. The van der Waals surface area contributed by atoms with Crippen molar-refractivity contribution in [3.05, 3.63) is 35.4 Å². The molecule has 1 unspecified atom stereocenters. The van der Waals surface area contributed by atoms with Crippen molar-refractivity contribution in [3.8, 4) is 0 Å². The monoisotopic (exact) mass is 246 g/mol. The van der Waals surface area contributed by atoms with Crippen LogP contribution in [-0.4, -0.2) is 31.6 Å². The summed E-state index contributed by atoms with van der Waals surface area (Å²) >= 11 is 0. The molecule has 0 radical (unpaired) electrons. The van der Waals surface area contributed by atoms with Crippen LogP contribution in [0.3, 0.4) is 0 Å². The maximum Gasteiger partial charge on any atom is 0.0205 e. The van der Waals surface area contributed by atoms with E-state index in [4.69, 9.17) is 0 Å². The fourth-order valence-corrected chi connectivity index (χ4v) is 2.63. The summed E-state index contributed by atoms with van der Waals surface area (Å²) in [5, 5.41) is 3.59. The smallest absolute Gasteiger partial charge is 0.0205 e. The minimum atomic E-state index is 0.626. The number of nitrogens with zero attached hydrogens (tertiary/aromatic N) is 1. The lowest BCUT2D eigenvalue weighted by Crippen LogP contribution is -2.24. The molecule has 1 saturated heterocycles. The lowest BCUT2D eigenvalue weighted by Gasteiger charge is -2.12. The van der Waals surface area contributed by atoms with Gasteiger partial charge in [0.25, 0.3) is 0 Å². The van der Waals surface area contributed by atoms with Crippen molar-refractivity contribution in [1.82, 2.24) is 10.2 Å². The Balaban J connectivity index is 1.73. The van der Waals surface area contributed by atoms with Gasteiger partial charge in [-0.1, -0.05) is 38.1 Å². The molecule has 0 aliphatic carbocycles. The van der Waals surface area contributed by atoms with Gasteiger partial charge in [0.05, 0.1) is 0 Å². The Kier molecular flexibility index (Phi) is 4.79. The van der Waals surface area contributed by atoms with Crippen LogP contribution < -0.4 is 5.32 Å². The third-order valence-corrected chi connectivity index (χ3v) is 3.90. The molecule has 0 saturated carbocycles. The van der Waals surface area contributed by atoms with Crippen molar-refractivity contribution in [2.45, 2.75) is 32.7 Å². The van der Waals surface area contributed by atoms with Crippen molar-refractivity contribution in [1.29, 1.82) is 0 Å². The van der Waals surface area contributed by atoms with Crippen LogP contribution in [-0.2, 0) is 6.54 Å². The molecule has 1 aromatic rings. The van der Waals surface area contributed by atoms with Crippen LogP contribution in [0.15, 0.2) is 24.3 Å². The first-order chi connectivity index (χ1) is 8.65. The minimum absolute atomic E-state index is 0.626. The second-order valence-electron chi connectivity index (χ2n) is 5.94. The van der Waals surface area contributed by atoms with E-state index in [1.54, 1.807) is 0 Å². The van der Waals surface area contributed by atoms with Crippen LogP contribution in [0, 0.1) is 5.92 Å². The predicted octanol–water partition coefficient (Wildman–Crippen LogP) is 2.85. The largest absolute Gasteiger partial charge is 0.312 e. The van der Waals surface area contributed by atoms with Crippen LogP contribution in [0.25, 0.3) is 0 Å². The Morgan fingerprint density at radius 1 is 1.28 bits per heavy atom. The van der Waals surface area contributed by atoms with Gasteiger partial charge in [0.15, 0.2) is 0 Å². The predicted molar refractivity (Wildman–Crippen MR) is 77.8 cm³/mol. The molecule has 18 heavy (non-hydrogen) atoms. The van der Waals surface area contributed by atoms with E-state index in [1.807, 2.05) is 0 Å². The minimum Gasteiger partial charge on any atom is -0.312 e. The summed E-state index contributed by atoms with van der Waals surface area (Å²) in [7, 11) is 2.21. The Morgan fingerprint density at radius 3 is 2.56 bits per heavy atom. The topological polar surface area (TPSA) is 15.3 Å². The number of nitrogens with one attached hydrogen (secondary N) is 1. The van der Waals surface area contributed by atoms with Gasteiger partial charge in [-0.15, -0.1) is 0 Å². The van der Waals surface area contributed by atoms with E-state index in [0.29, 0.717) is 5.92 Å². The fourth-order valence-electron chi connectivity index (χ4n) is 2.63. The van der Waals surface area contributed by atoms with Gasteiger partial charge in [0.2, 0.25) is 0 Å². The summed E-state index contributed by atoms with van der Waals surface area (Å²) < 4.78 is 0. The first kappa shape index (κ1) is 13.6. The second-order valence-corrected chi connectivity index (χ2v) is 5.94. The van der Waals surface area contributed by atoms with Gasteiger partial charge in [-0.3, -0.25) is 0 Å². The highest BCUT2D eigenvalue weighted by atomic mass is 15.1. The maximum absolute atomic E-state index is 3.59. The fraction of sp³-hybridized carbons (Fsp3) is 0.625. The Hall–Kier alpha value is -0.860. The summed E-state index contributed by atoms with van der Waals surface area (Å²) in [6.45, 7) is 9.14. The molecule has 0 bridgehead atoms.